The normalized spacial score (nSPS) is 23.6. The van der Waals surface area contributed by atoms with Crippen LogP contribution in [0.25, 0.3) is 0 Å². The summed E-state index contributed by atoms with van der Waals surface area (Å²) in [5.74, 6) is 0.947. The fourth-order valence-corrected chi connectivity index (χ4v) is 2.45. The number of hydrogen-bond donors (Lipinski definition) is 1. The van der Waals surface area contributed by atoms with Crippen molar-refractivity contribution in [2.24, 2.45) is 11.8 Å². The van der Waals surface area contributed by atoms with Gasteiger partial charge in [-0.05, 0) is 25.9 Å². The number of nitrogens with one attached hydrogen (secondary N) is 1. The molecule has 1 N–H and O–H groups in total. The van der Waals surface area contributed by atoms with Gasteiger partial charge in [-0.2, -0.15) is 0 Å². The number of rotatable bonds is 8. The van der Waals surface area contributed by atoms with Crippen LogP contribution in [0.2, 0.25) is 0 Å². The van der Waals surface area contributed by atoms with E-state index in [4.69, 9.17) is 4.74 Å². The summed E-state index contributed by atoms with van der Waals surface area (Å²) >= 11 is 0. The van der Waals surface area contributed by atoms with E-state index < -0.39 is 0 Å². The predicted molar refractivity (Wildman–Crippen MR) is 81.5 cm³/mol. The highest BCUT2D eigenvalue weighted by Crippen LogP contribution is 2.21. The van der Waals surface area contributed by atoms with Crippen LogP contribution in [-0.2, 0) is 9.53 Å². The molecule has 1 amide bonds. The van der Waals surface area contributed by atoms with E-state index in [-0.39, 0.29) is 18.1 Å². The molecule has 0 aromatic carbocycles. The largest absolute Gasteiger partial charge is 0.378 e. The van der Waals surface area contributed by atoms with Gasteiger partial charge in [-0.3, -0.25) is 10.1 Å². The van der Waals surface area contributed by atoms with Gasteiger partial charge in [0.25, 0.3) is 0 Å². The van der Waals surface area contributed by atoms with Crippen LogP contribution >= 0.6 is 0 Å². The molecule has 0 spiro atoms. The molecule has 0 aromatic rings. The van der Waals surface area contributed by atoms with Crippen LogP contribution in [0.4, 0.5) is 0 Å². The summed E-state index contributed by atoms with van der Waals surface area (Å²) in [7, 11) is 4.05. The maximum Gasteiger partial charge on any atom is 0.241 e. The number of carbonyl (C=O) groups is 1. The summed E-state index contributed by atoms with van der Waals surface area (Å²) < 4.78 is 5.62. The standard InChI is InChI=1S/C15H31N3O2/c1-11(2)13-15(19)18(14(16-13)12(3)4)8-10-20-9-7-17(5)6/h11-14,16H,7-10H2,1-6H3. The molecule has 5 heteroatoms. The molecule has 1 saturated heterocycles. The monoisotopic (exact) mass is 285 g/mol. The smallest absolute Gasteiger partial charge is 0.241 e. The highest BCUT2D eigenvalue weighted by atomic mass is 16.5. The van der Waals surface area contributed by atoms with Crippen LogP contribution in [-0.4, -0.2) is 68.3 Å². The summed E-state index contributed by atoms with van der Waals surface area (Å²) in [6.45, 7) is 11.4. The molecule has 0 bridgehead atoms. The molecule has 0 saturated carbocycles. The van der Waals surface area contributed by atoms with Gasteiger partial charge in [0, 0.05) is 13.1 Å². The van der Waals surface area contributed by atoms with Crippen LogP contribution < -0.4 is 5.32 Å². The van der Waals surface area contributed by atoms with E-state index in [1.54, 1.807) is 0 Å². The molecule has 2 atom stereocenters. The number of nitrogens with zero attached hydrogens (tertiary/aromatic N) is 2. The van der Waals surface area contributed by atoms with Crippen molar-refractivity contribution >= 4 is 5.91 Å². The van der Waals surface area contributed by atoms with Crippen molar-refractivity contribution in [2.45, 2.75) is 39.9 Å². The zero-order valence-corrected chi connectivity index (χ0v) is 13.8. The van der Waals surface area contributed by atoms with Crippen LogP contribution in [0.3, 0.4) is 0 Å². The minimum Gasteiger partial charge on any atom is -0.378 e. The lowest BCUT2D eigenvalue weighted by Crippen LogP contribution is -2.43. The Hall–Kier alpha value is -0.650. The van der Waals surface area contributed by atoms with Gasteiger partial charge in [0.2, 0.25) is 5.91 Å². The molecule has 1 fully saturated rings. The van der Waals surface area contributed by atoms with Crippen LogP contribution in [0.1, 0.15) is 27.7 Å². The van der Waals surface area contributed by atoms with Crippen molar-refractivity contribution in [3.05, 3.63) is 0 Å². The Labute approximate surface area is 123 Å². The number of hydrogen-bond acceptors (Lipinski definition) is 4. The maximum atomic E-state index is 12.4. The third-order valence-corrected chi connectivity index (χ3v) is 3.69. The first kappa shape index (κ1) is 17.4. The van der Waals surface area contributed by atoms with Gasteiger partial charge < -0.3 is 14.5 Å². The van der Waals surface area contributed by atoms with E-state index in [1.807, 2.05) is 19.0 Å². The molecule has 1 aliphatic rings. The van der Waals surface area contributed by atoms with Crippen LogP contribution in [0.15, 0.2) is 0 Å². The minimum absolute atomic E-state index is 0.0517. The lowest BCUT2D eigenvalue weighted by molar-refractivity contribution is -0.132. The van der Waals surface area contributed by atoms with Crippen molar-refractivity contribution in [3.63, 3.8) is 0 Å². The van der Waals surface area contributed by atoms with Gasteiger partial charge in [-0.15, -0.1) is 0 Å². The van der Waals surface area contributed by atoms with Crippen LogP contribution in [0.5, 0.6) is 0 Å². The Balaban J connectivity index is 2.46. The van der Waals surface area contributed by atoms with Crippen molar-refractivity contribution in [1.29, 1.82) is 0 Å². The van der Waals surface area contributed by atoms with E-state index in [0.29, 0.717) is 31.6 Å². The molecule has 20 heavy (non-hydrogen) atoms. The molecule has 2 unspecified atom stereocenters. The Morgan fingerprint density at radius 1 is 1.20 bits per heavy atom. The molecular formula is C15H31N3O2. The molecule has 0 radical (unpaired) electrons. The number of amides is 1. The molecule has 1 aliphatic heterocycles. The average molecular weight is 285 g/mol. The third-order valence-electron chi connectivity index (χ3n) is 3.69. The average Bonchev–Trinajstić information content (AvgIpc) is 2.66. The summed E-state index contributed by atoms with van der Waals surface area (Å²) in [5, 5.41) is 3.46. The lowest BCUT2D eigenvalue weighted by atomic mass is 10.1. The Kier molecular flexibility index (Phi) is 6.92. The fraction of sp³-hybridized carbons (Fsp3) is 0.933. The first-order valence-corrected chi connectivity index (χ1v) is 7.63. The van der Waals surface area contributed by atoms with Gasteiger partial charge in [0.1, 0.15) is 0 Å². The molecule has 5 nitrogen and oxygen atoms in total. The Bertz CT molecular complexity index is 305. The topological polar surface area (TPSA) is 44.8 Å². The van der Waals surface area contributed by atoms with Gasteiger partial charge >= 0.3 is 0 Å². The van der Waals surface area contributed by atoms with Crippen molar-refractivity contribution in [1.82, 2.24) is 15.1 Å². The SMILES string of the molecule is CC(C)C1NC(C(C)C)N(CCOCCN(C)C)C1=O. The maximum absolute atomic E-state index is 12.4. The van der Waals surface area contributed by atoms with E-state index in [1.165, 1.54) is 0 Å². The highest BCUT2D eigenvalue weighted by molar-refractivity contribution is 5.84. The van der Waals surface area contributed by atoms with E-state index in [2.05, 4.69) is 37.9 Å². The second-order valence-corrected chi connectivity index (χ2v) is 6.52. The number of carbonyl (C=O) groups excluding carboxylic acids is 1. The van der Waals surface area contributed by atoms with Crippen molar-refractivity contribution in [2.75, 3.05) is 40.4 Å². The lowest BCUT2D eigenvalue weighted by Gasteiger charge is -2.27. The number of likely N-dealkylation sites (N-methyl/N-ethyl adjacent to an activating group) is 1. The van der Waals surface area contributed by atoms with E-state index in [0.717, 1.165) is 6.54 Å². The minimum atomic E-state index is -0.0517. The predicted octanol–water partition coefficient (Wildman–Crippen LogP) is 1.00. The third kappa shape index (κ3) is 4.72. The molecule has 118 valence electrons. The van der Waals surface area contributed by atoms with Crippen molar-refractivity contribution in [3.8, 4) is 0 Å². The summed E-state index contributed by atoms with van der Waals surface area (Å²) in [6, 6.07) is -0.0517. The molecule has 0 aliphatic carbocycles. The Morgan fingerprint density at radius 3 is 2.35 bits per heavy atom. The van der Waals surface area contributed by atoms with Gasteiger partial charge in [-0.25, -0.2) is 0 Å². The number of ether oxygens (including phenoxy) is 1. The van der Waals surface area contributed by atoms with E-state index >= 15 is 0 Å². The zero-order valence-electron chi connectivity index (χ0n) is 13.8. The molecular weight excluding hydrogens is 254 g/mol. The second kappa shape index (κ2) is 7.96. The summed E-state index contributed by atoms with van der Waals surface area (Å²) in [6.07, 6.45) is 0.132. The first-order valence-electron chi connectivity index (χ1n) is 7.63. The quantitative estimate of drug-likeness (QED) is 0.676. The van der Waals surface area contributed by atoms with Gasteiger partial charge in [0.05, 0.1) is 25.4 Å². The van der Waals surface area contributed by atoms with Gasteiger partial charge in [-0.1, -0.05) is 27.7 Å². The van der Waals surface area contributed by atoms with Crippen LogP contribution in [0, 0.1) is 11.8 Å². The Morgan fingerprint density at radius 2 is 1.85 bits per heavy atom. The first-order chi connectivity index (χ1) is 9.34. The van der Waals surface area contributed by atoms with Crippen molar-refractivity contribution < 1.29 is 9.53 Å². The highest BCUT2D eigenvalue weighted by Gasteiger charge is 2.41. The zero-order chi connectivity index (χ0) is 15.3. The second-order valence-electron chi connectivity index (χ2n) is 6.52. The van der Waals surface area contributed by atoms with Gasteiger partial charge in [0.15, 0.2) is 0 Å². The molecule has 1 heterocycles. The molecule has 1 rings (SSSR count). The summed E-state index contributed by atoms with van der Waals surface area (Å²) in [5.41, 5.74) is 0. The summed E-state index contributed by atoms with van der Waals surface area (Å²) in [4.78, 5) is 16.5. The molecule has 0 aromatic heterocycles. The fourth-order valence-electron chi connectivity index (χ4n) is 2.45. The van der Waals surface area contributed by atoms with E-state index in [9.17, 15) is 4.79 Å².